The zero-order valence-corrected chi connectivity index (χ0v) is 9.67. The average Bonchev–Trinajstić information content (AvgIpc) is 2.21. The molecule has 0 aliphatic heterocycles. The Morgan fingerprint density at radius 1 is 1.27 bits per heavy atom. The molecule has 84 valence electrons. The van der Waals surface area contributed by atoms with Gasteiger partial charge < -0.3 is 10.1 Å². The molecule has 15 heavy (non-hydrogen) atoms. The van der Waals surface area contributed by atoms with Crippen LogP contribution in [0.2, 0.25) is 0 Å². The van der Waals surface area contributed by atoms with Crippen LogP contribution in [0, 0.1) is 11.7 Å². The number of nitrogens with one attached hydrogen (secondary N) is 1. The molecule has 0 radical (unpaired) electrons. The Labute approximate surface area is 90.4 Å². The summed E-state index contributed by atoms with van der Waals surface area (Å²) in [6.07, 6.45) is 0. The maximum absolute atomic E-state index is 13.4. The van der Waals surface area contributed by atoms with E-state index in [2.05, 4.69) is 19.2 Å². The summed E-state index contributed by atoms with van der Waals surface area (Å²) in [5.74, 6) is 0.869. The number of halogens is 1. The quantitative estimate of drug-likeness (QED) is 0.825. The molecule has 0 heterocycles. The van der Waals surface area contributed by atoms with Crippen molar-refractivity contribution in [3.8, 4) is 5.75 Å². The number of ether oxygens (including phenoxy) is 1. The van der Waals surface area contributed by atoms with Gasteiger partial charge in [0.25, 0.3) is 0 Å². The summed E-state index contributed by atoms with van der Waals surface area (Å²) < 4.78 is 18.5. The van der Waals surface area contributed by atoms with Gasteiger partial charge in [-0.15, -0.1) is 0 Å². The standard InChI is InChI=1S/C12H18FNO/c1-8(2)9(3)14-12-7-10(15-4)5-6-11(12)13/h5-9,14H,1-4H3/t9-/m0/s1. The lowest BCUT2D eigenvalue weighted by Gasteiger charge is -2.19. The van der Waals surface area contributed by atoms with Crippen molar-refractivity contribution >= 4 is 5.69 Å². The summed E-state index contributed by atoms with van der Waals surface area (Å²) in [5, 5.41) is 3.13. The minimum atomic E-state index is -0.247. The van der Waals surface area contributed by atoms with Crippen molar-refractivity contribution in [2.75, 3.05) is 12.4 Å². The van der Waals surface area contributed by atoms with E-state index in [1.165, 1.54) is 6.07 Å². The summed E-state index contributed by atoms with van der Waals surface area (Å²) in [6, 6.07) is 4.93. The predicted molar refractivity (Wildman–Crippen MR) is 60.9 cm³/mol. The van der Waals surface area contributed by atoms with Gasteiger partial charge in [-0.3, -0.25) is 0 Å². The fourth-order valence-electron chi connectivity index (χ4n) is 1.15. The van der Waals surface area contributed by atoms with Crippen LogP contribution < -0.4 is 10.1 Å². The molecule has 0 amide bonds. The molecule has 0 saturated heterocycles. The molecule has 1 aromatic rings. The lowest BCUT2D eigenvalue weighted by molar-refractivity contribution is 0.413. The molecular weight excluding hydrogens is 193 g/mol. The van der Waals surface area contributed by atoms with Gasteiger partial charge in [-0.2, -0.15) is 0 Å². The average molecular weight is 211 g/mol. The molecule has 0 aliphatic rings. The van der Waals surface area contributed by atoms with Gasteiger partial charge in [0.05, 0.1) is 12.8 Å². The number of methoxy groups -OCH3 is 1. The van der Waals surface area contributed by atoms with Crippen LogP contribution in [0.3, 0.4) is 0 Å². The van der Waals surface area contributed by atoms with Gasteiger partial charge in [0, 0.05) is 12.1 Å². The van der Waals surface area contributed by atoms with E-state index in [4.69, 9.17) is 4.74 Å². The van der Waals surface area contributed by atoms with Gasteiger partial charge in [0.2, 0.25) is 0 Å². The van der Waals surface area contributed by atoms with Gasteiger partial charge in [0.1, 0.15) is 11.6 Å². The van der Waals surface area contributed by atoms with Crippen molar-refractivity contribution in [1.82, 2.24) is 0 Å². The molecule has 0 bridgehead atoms. The van der Waals surface area contributed by atoms with Crippen molar-refractivity contribution in [3.05, 3.63) is 24.0 Å². The van der Waals surface area contributed by atoms with Crippen molar-refractivity contribution in [3.63, 3.8) is 0 Å². The van der Waals surface area contributed by atoms with Crippen LogP contribution >= 0.6 is 0 Å². The second kappa shape index (κ2) is 5.01. The molecule has 1 N–H and O–H groups in total. The Kier molecular flexibility index (Phi) is 3.95. The minimum absolute atomic E-state index is 0.228. The number of rotatable bonds is 4. The summed E-state index contributed by atoms with van der Waals surface area (Å²) in [7, 11) is 1.57. The number of hydrogen-bond acceptors (Lipinski definition) is 2. The smallest absolute Gasteiger partial charge is 0.146 e. The van der Waals surface area contributed by atoms with Gasteiger partial charge in [-0.25, -0.2) is 4.39 Å². The summed E-state index contributed by atoms with van der Waals surface area (Å²) in [5.41, 5.74) is 0.496. The molecule has 2 nitrogen and oxygen atoms in total. The Morgan fingerprint density at radius 3 is 2.47 bits per heavy atom. The van der Waals surface area contributed by atoms with Crippen LogP contribution in [0.25, 0.3) is 0 Å². The van der Waals surface area contributed by atoms with E-state index in [0.717, 1.165) is 0 Å². The first kappa shape index (κ1) is 11.8. The molecule has 1 atom stereocenters. The van der Waals surface area contributed by atoms with E-state index >= 15 is 0 Å². The second-order valence-electron chi connectivity index (χ2n) is 4.02. The number of anilines is 1. The lowest BCUT2D eigenvalue weighted by atomic mass is 10.1. The maximum Gasteiger partial charge on any atom is 0.146 e. The Bertz CT molecular complexity index is 325. The zero-order chi connectivity index (χ0) is 11.4. The Hall–Kier alpha value is -1.25. The highest BCUT2D eigenvalue weighted by atomic mass is 19.1. The number of hydrogen-bond donors (Lipinski definition) is 1. The van der Waals surface area contributed by atoms with Gasteiger partial charge in [0.15, 0.2) is 0 Å². The SMILES string of the molecule is COc1ccc(F)c(N[C@@H](C)C(C)C)c1. The first-order valence-electron chi connectivity index (χ1n) is 5.14. The third-order valence-corrected chi connectivity index (χ3v) is 2.56. The van der Waals surface area contributed by atoms with Gasteiger partial charge in [-0.1, -0.05) is 13.8 Å². The Morgan fingerprint density at radius 2 is 1.93 bits per heavy atom. The monoisotopic (exact) mass is 211 g/mol. The molecule has 0 fully saturated rings. The van der Waals surface area contributed by atoms with E-state index in [-0.39, 0.29) is 11.9 Å². The van der Waals surface area contributed by atoms with Gasteiger partial charge >= 0.3 is 0 Å². The molecule has 3 heteroatoms. The van der Waals surface area contributed by atoms with E-state index in [9.17, 15) is 4.39 Å². The van der Waals surface area contributed by atoms with Crippen LogP contribution in [0.1, 0.15) is 20.8 Å². The molecule has 0 aromatic heterocycles. The normalized spacial score (nSPS) is 12.7. The lowest BCUT2D eigenvalue weighted by Crippen LogP contribution is -2.22. The molecule has 1 rings (SSSR count). The summed E-state index contributed by atoms with van der Waals surface area (Å²) >= 11 is 0. The van der Waals surface area contributed by atoms with Crippen LogP contribution in [0.5, 0.6) is 5.75 Å². The van der Waals surface area contributed by atoms with Crippen LogP contribution in [-0.2, 0) is 0 Å². The topological polar surface area (TPSA) is 21.3 Å². The molecule has 0 aliphatic carbocycles. The van der Waals surface area contributed by atoms with Crippen LogP contribution in [-0.4, -0.2) is 13.2 Å². The van der Waals surface area contributed by atoms with E-state index in [1.54, 1.807) is 19.2 Å². The van der Waals surface area contributed by atoms with E-state index < -0.39 is 0 Å². The molecule has 1 aromatic carbocycles. The minimum Gasteiger partial charge on any atom is -0.497 e. The van der Waals surface area contributed by atoms with Crippen molar-refractivity contribution < 1.29 is 9.13 Å². The first-order chi connectivity index (χ1) is 7.04. The highest BCUT2D eigenvalue weighted by Gasteiger charge is 2.10. The number of benzene rings is 1. The van der Waals surface area contributed by atoms with Gasteiger partial charge in [-0.05, 0) is 25.0 Å². The highest BCUT2D eigenvalue weighted by Crippen LogP contribution is 2.22. The fraction of sp³-hybridized carbons (Fsp3) is 0.500. The highest BCUT2D eigenvalue weighted by molar-refractivity contribution is 5.50. The van der Waals surface area contributed by atoms with E-state index in [1.807, 2.05) is 6.92 Å². The van der Waals surface area contributed by atoms with Crippen LogP contribution in [0.15, 0.2) is 18.2 Å². The molecular formula is C12H18FNO. The van der Waals surface area contributed by atoms with Crippen molar-refractivity contribution in [1.29, 1.82) is 0 Å². The third-order valence-electron chi connectivity index (χ3n) is 2.56. The summed E-state index contributed by atoms with van der Waals surface area (Å²) in [6.45, 7) is 6.22. The maximum atomic E-state index is 13.4. The van der Waals surface area contributed by atoms with Crippen molar-refractivity contribution in [2.24, 2.45) is 5.92 Å². The molecule has 0 spiro atoms. The van der Waals surface area contributed by atoms with Crippen molar-refractivity contribution in [2.45, 2.75) is 26.8 Å². The molecule has 0 unspecified atom stereocenters. The fourth-order valence-corrected chi connectivity index (χ4v) is 1.15. The third kappa shape index (κ3) is 3.11. The molecule has 0 saturated carbocycles. The van der Waals surface area contributed by atoms with E-state index in [0.29, 0.717) is 17.4 Å². The van der Waals surface area contributed by atoms with Crippen LogP contribution in [0.4, 0.5) is 10.1 Å². The predicted octanol–water partition coefficient (Wildman–Crippen LogP) is 3.29. The summed E-state index contributed by atoms with van der Waals surface area (Å²) in [4.78, 5) is 0. The second-order valence-corrected chi connectivity index (χ2v) is 4.02. The largest absolute Gasteiger partial charge is 0.497 e. The first-order valence-corrected chi connectivity index (χ1v) is 5.14. The zero-order valence-electron chi connectivity index (χ0n) is 9.67. The Balaban J connectivity index is 2.83.